The minimum Gasteiger partial charge on any atom is -0.467 e. The Labute approximate surface area is 165 Å². The van der Waals surface area contributed by atoms with Gasteiger partial charge in [0, 0.05) is 17.8 Å². The van der Waals surface area contributed by atoms with E-state index in [0.29, 0.717) is 24.4 Å². The van der Waals surface area contributed by atoms with E-state index in [1.165, 1.54) is 18.4 Å². The SMILES string of the molecule is O=C(CNc1cccc(C(=O)NCc2ccco2)c1)NCCC1=CCCCC1. The molecule has 1 aliphatic rings. The number of hydrogen-bond donors (Lipinski definition) is 3. The molecule has 0 radical (unpaired) electrons. The highest BCUT2D eigenvalue weighted by Gasteiger charge is 2.08. The number of anilines is 1. The van der Waals surface area contributed by atoms with Gasteiger partial charge in [-0.25, -0.2) is 0 Å². The summed E-state index contributed by atoms with van der Waals surface area (Å²) in [6.07, 6.45) is 9.65. The predicted octanol–water partition coefficient (Wildman–Crippen LogP) is 3.63. The van der Waals surface area contributed by atoms with Crippen molar-refractivity contribution in [3.8, 4) is 0 Å². The van der Waals surface area contributed by atoms with Crippen LogP contribution in [0, 0.1) is 0 Å². The van der Waals surface area contributed by atoms with Crippen molar-refractivity contribution in [3.63, 3.8) is 0 Å². The molecule has 28 heavy (non-hydrogen) atoms. The molecule has 1 aliphatic carbocycles. The first kappa shape index (κ1) is 19.7. The summed E-state index contributed by atoms with van der Waals surface area (Å²) in [5.74, 6) is 0.456. The van der Waals surface area contributed by atoms with Crippen LogP contribution >= 0.6 is 0 Å². The van der Waals surface area contributed by atoms with E-state index in [1.807, 2.05) is 12.1 Å². The van der Waals surface area contributed by atoms with E-state index in [2.05, 4.69) is 22.0 Å². The summed E-state index contributed by atoms with van der Waals surface area (Å²) in [7, 11) is 0. The van der Waals surface area contributed by atoms with Crippen molar-refractivity contribution >= 4 is 17.5 Å². The summed E-state index contributed by atoms with van der Waals surface area (Å²) in [4.78, 5) is 24.3. The fourth-order valence-corrected chi connectivity index (χ4v) is 3.19. The first-order valence-corrected chi connectivity index (χ1v) is 9.80. The van der Waals surface area contributed by atoms with E-state index in [0.717, 1.165) is 24.9 Å². The fraction of sp³-hybridized carbons (Fsp3) is 0.364. The second kappa shape index (κ2) is 10.3. The van der Waals surface area contributed by atoms with Crippen molar-refractivity contribution in [3.05, 3.63) is 65.6 Å². The topological polar surface area (TPSA) is 83.4 Å². The average molecular weight is 381 g/mol. The van der Waals surface area contributed by atoms with E-state index in [-0.39, 0.29) is 18.4 Å². The third kappa shape index (κ3) is 6.30. The molecule has 3 N–H and O–H groups in total. The summed E-state index contributed by atoms with van der Waals surface area (Å²) in [5, 5.41) is 8.82. The number of benzene rings is 1. The minimum absolute atomic E-state index is 0.0518. The van der Waals surface area contributed by atoms with Gasteiger partial charge in [-0.2, -0.15) is 0 Å². The molecule has 0 spiro atoms. The molecule has 6 heteroatoms. The highest BCUT2D eigenvalue weighted by atomic mass is 16.3. The molecule has 1 heterocycles. The predicted molar refractivity (Wildman–Crippen MR) is 109 cm³/mol. The van der Waals surface area contributed by atoms with Crippen molar-refractivity contribution in [1.82, 2.24) is 10.6 Å². The Balaban J connectivity index is 1.40. The quantitative estimate of drug-likeness (QED) is 0.579. The van der Waals surface area contributed by atoms with Crippen LogP contribution in [0.5, 0.6) is 0 Å². The van der Waals surface area contributed by atoms with Gasteiger partial charge < -0.3 is 20.4 Å². The Hall–Kier alpha value is -3.02. The maximum atomic E-state index is 12.3. The van der Waals surface area contributed by atoms with Crippen LogP contribution in [0.1, 0.15) is 48.2 Å². The monoisotopic (exact) mass is 381 g/mol. The standard InChI is InChI=1S/C22H27N3O3/c26-21(23-12-11-17-6-2-1-3-7-17)16-24-19-9-4-8-18(14-19)22(27)25-15-20-10-5-13-28-20/h4-6,8-10,13-14,24H,1-3,7,11-12,15-16H2,(H,23,26)(H,25,27). The van der Waals surface area contributed by atoms with E-state index in [4.69, 9.17) is 4.42 Å². The molecule has 0 saturated heterocycles. The van der Waals surface area contributed by atoms with E-state index in [1.54, 1.807) is 30.5 Å². The molecule has 1 aromatic heterocycles. The average Bonchev–Trinajstić information content (AvgIpc) is 3.25. The molecular formula is C22H27N3O3. The molecule has 0 bridgehead atoms. The van der Waals surface area contributed by atoms with Crippen LogP contribution in [0.2, 0.25) is 0 Å². The van der Waals surface area contributed by atoms with Gasteiger partial charge in [-0.05, 0) is 62.4 Å². The third-order valence-electron chi connectivity index (χ3n) is 4.73. The maximum Gasteiger partial charge on any atom is 0.251 e. The first-order chi connectivity index (χ1) is 13.7. The largest absolute Gasteiger partial charge is 0.467 e. The van der Waals surface area contributed by atoms with Gasteiger partial charge in [0.05, 0.1) is 19.4 Å². The minimum atomic E-state index is -0.190. The summed E-state index contributed by atoms with van der Waals surface area (Å²) < 4.78 is 5.20. The maximum absolute atomic E-state index is 12.3. The number of carbonyl (C=O) groups excluding carboxylic acids is 2. The van der Waals surface area contributed by atoms with Crippen LogP contribution in [0.4, 0.5) is 5.69 Å². The molecule has 1 aromatic carbocycles. The van der Waals surface area contributed by atoms with Gasteiger partial charge >= 0.3 is 0 Å². The number of carbonyl (C=O) groups is 2. The number of nitrogens with one attached hydrogen (secondary N) is 3. The molecule has 0 unspecified atom stereocenters. The number of allylic oxidation sites excluding steroid dienone is 1. The van der Waals surface area contributed by atoms with Gasteiger partial charge in [0.1, 0.15) is 5.76 Å². The number of rotatable bonds is 9. The van der Waals surface area contributed by atoms with Gasteiger partial charge in [-0.3, -0.25) is 9.59 Å². The highest BCUT2D eigenvalue weighted by molar-refractivity contribution is 5.95. The summed E-state index contributed by atoms with van der Waals surface area (Å²) in [5.41, 5.74) is 2.71. The summed E-state index contributed by atoms with van der Waals surface area (Å²) in [6.45, 7) is 1.18. The van der Waals surface area contributed by atoms with E-state index in [9.17, 15) is 9.59 Å². The Bertz CT molecular complexity index is 812. The molecule has 3 rings (SSSR count). The Morgan fingerprint density at radius 2 is 2.00 bits per heavy atom. The lowest BCUT2D eigenvalue weighted by atomic mass is 9.97. The van der Waals surface area contributed by atoms with Crippen molar-refractivity contribution in [2.24, 2.45) is 0 Å². The van der Waals surface area contributed by atoms with Crippen molar-refractivity contribution in [2.45, 2.75) is 38.6 Å². The Morgan fingerprint density at radius 3 is 2.79 bits per heavy atom. The van der Waals surface area contributed by atoms with Crippen LogP contribution in [0.15, 0.2) is 58.7 Å². The molecule has 0 atom stereocenters. The smallest absolute Gasteiger partial charge is 0.251 e. The number of hydrogen-bond acceptors (Lipinski definition) is 4. The molecular weight excluding hydrogens is 354 g/mol. The Morgan fingerprint density at radius 1 is 1.07 bits per heavy atom. The molecule has 0 saturated carbocycles. The highest BCUT2D eigenvalue weighted by Crippen LogP contribution is 2.19. The van der Waals surface area contributed by atoms with Crippen LogP contribution in [0.25, 0.3) is 0 Å². The second-order valence-corrected chi connectivity index (χ2v) is 6.90. The van der Waals surface area contributed by atoms with Crippen LogP contribution < -0.4 is 16.0 Å². The van der Waals surface area contributed by atoms with Gasteiger partial charge in [-0.15, -0.1) is 0 Å². The molecule has 0 fully saturated rings. The molecule has 148 valence electrons. The van der Waals surface area contributed by atoms with Gasteiger partial charge in [0.15, 0.2) is 0 Å². The molecule has 2 amide bonds. The zero-order valence-electron chi connectivity index (χ0n) is 16.0. The fourth-order valence-electron chi connectivity index (χ4n) is 3.19. The van der Waals surface area contributed by atoms with Crippen LogP contribution in [0.3, 0.4) is 0 Å². The number of amides is 2. The number of furan rings is 1. The van der Waals surface area contributed by atoms with Crippen LogP contribution in [-0.4, -0.2) is 24.9 Å². The summed E-state index contributed by atoms with van der Waals surface area (Å²) in [6, 6.07) is 10.7. The van der Waals surface area contributed by atoms with Gasteiger partial charge in [0.25, 0.3) is 5.91 Å². The van der Waals surface area contributed by atoms with Crippen LogP contribution in [-0.2, 0) is 11.3 Å². The second-order valence-electron chi connectivity index (χ2n) is 6.90. The lowest BCUT2D eigenvalue weighted by Crippen LogP contribution is -2.31. The molecule has 6 nitrogen and oxygen atoms in total. The summed E-state index contributed by atoms with van der Waals surface area (Å²) >= 11 is 0. The zero-order valence-corrected chi connectivity index (χ0v) is 16.0. The zero-order chi connectivity index (χ0) is 19.6. The van der Waals surface area contributed by atoms with Gasteiger partial charge in [0.2, 0.25) is 5.91 Å². The van der Waals surface area contributed by atoms with Crippen molar-refractivity contribution in [2.75, 3.05) is 18.4 Å². The lowest BCUT2D eigenvalue weighted by Gasteiger charge is -2.13. The molecule has 2 aromatic rings. The molecule has 0 aliphatic heterocycles. The van der Waals surface area contributed by atoms with Gasteiger partial charge in [-0.1, -0.05) is 17.7 Å². The normalized spacial score (nSPS) is 13.5. The Kier molecular flexibility index (Phi) is 7.29. The third-order valence-corrected chi connectivity index (χ3v) is 4.73. The van der Waals surface area contributed by atoms with E-state index < -0.39 is 0 Å². The first-order valence-electron chi connectivity index (χ1n) is 9.80. The lowest BCUT2D eigenvalue weighted by molar-refractivity contribution is -0.119. The van der Waals surface area contributed by atoms with E-state index >= 15 is 0 Å². The van der Waals surface area contributed by atoms with Crippen molar-refractivity contribution < 1.29 is 14.0 Å². The van der Waals surface area contributed by atoms with Crippen molar-refractivity contribution in [1.29, 1.82) is 0 Å².